The smallest absolute Gasteiger partial charge is 0.00408 e. The number of halogens is 1. The molecule has 16 heavy (non-hydrogen) atoms. The zero-order chi connectivity index (χ0) is 11.2. The lowest BCUT2D eigenvalue weighted by Crippen LogP contribution is -1.83. The Bertz CT molecular complexity index is 457. The Morgan fingerprint density at radius 2 is 1.44 bits per heavy atom. The van der Waals surface area contributed by atoms with Crippen molar-refractivity contribution in [1.82, 2.24) is 0 Å². The van der Waals surface area contributed by atoms with E-state index < -0.39 is 0 Å². The summed E-state index contributed by atoms with van der Waals surface area (Å²) in [4.78, 5) is 0. The summed E-state index contributed by atoms with van der Waals surface area (Å²) in [6.45, 7) is 0. The van der Waals surface area contributed by atoms with Gasteiger partial charge in [-0.05, 0) is 17.2 Å². The number of allylic oxidation sites excluding steroid dienone is 1. The fourth-order valence-electron chi connectivity index (χ4n) is 1.57. The molecule has 0 aliphatic rings. The van der Waals surface area contributed by atoms with Crippen LogP contribution in [0, 0.1) is 0 Å². The largest absolute Gasteiger partial charge is 0.0622 e. The molecule has 2 rings (SSSR count). The van der Waals surface area contributed by atoms with Gasteiger partial charge in [-0.2, -0.15) is 0 Å². The predicted molar refractivity (Wildman–Crippen MR) is 73.5 cm³/mol. The Balaban J connectivity index is 2.09. The highest BCUT2D eigenvalue weighted by atomic mass is 79.9. The lowest BCUT2D eigenvalue weighted by molar-refractivity contribution is 1.26. The van der Waals surface area contributed by atoms with Gasteiger partial charge in [0.2, 0.25) is 0 Å². The van der Waals surface area contributed by atoms with Gasteiger partial charge in [-0.3, -0.25) is 0 Å². The predicted octanol–water partition coefficient (Wildman–Crippen LogP) is 4.67. The molecule has 80 valence electrons. The van der Waals surface area contributed by atoms with Crippen LogP contribution in [0.15, 0.2) is 65.1 Å². The van der Waals surface area contributed by atoms with E-state index in [1.807, 2.05) is 12.1 Å². The molecule has 0 heterocycles. The molecule has 0 saturated carbocycles. The third-order valence-corrected chi connectivity index (χ3v) is 2.85. The summed E-state index contributed by atoms with van der Waals surface area (Å²) >= 11 is 3.61. The number of hydrogen-bond acceptors (Lipinski definition) is 0. The summed E-state index contributed by atoms with van der Waals surface area (Å²) in [6.07, 6.45) is 3.10. The van der Waals surface area contributed by atoms with Crippen molar-refractivity contribution in [3.63, 3.8) is 0 Å². The molecular formula is C15H13Br. The molecule has 0 nitrogen and oxygen atoms in total. The fourth-order valence-corrected chi connectivity index (χ4v) is 2.16. The van der Waals surface area contributed by atoms with Crippen LogP contribution in [-0.4, -0.2) is 0 Å². The zero-order valence-corrected chi connectivity index (χ0v) is 10.5. The van der Waals surface area contributed by atoms with Crippen LogP contribution in [-0.2, 0) is 6.42 Å². The van der Waals surface area contributed by atoms with E-state index in [9.17, 15) is 0 Å². The SMILES string of the molecule is BrC(=Cc1ccccc1)Cc1ccccc1. The molecule has 0 saturated heterocycles. The van der Waals surface area contributed by atoms with Gasteiger partial charge >= 0.3 is 0 Å². The Morgan fingerprint density at radius 1 is 0.875 bits per heavy atom. The van der Waals surface area contributed by atoms with Gasteiger partial charge in [0.05, 0.1) is 0 Å². The second-order valence-electron chi connectivity index (χ2n) is 3.66. The van der Waals surface area contributed by atoms with Crippen molar-refractivity contribution < 1.29 is 0 Å². The normalized spacial score (nSPS) is 11.4. The van der Waals surface area contributed by atoms with Gasteiger partial charge < -0.3 is 0 Å². The van der Waals surface area contributed by atoms with Gasteiger partial charge in [0, 0.05) is 10.9 Å². The van der Waals surface area contributed by atoms with Gasteiger partial charge in [-0.15, -0.1) is 0 Å². The summed E-state index contributed by atoms with van der Waals surface area (Å²) in [5, 5.41) is 0. The molecule has 0 aliphatic carbocycles. The minimum atomic E-state index is 0.940. The van der Waals surface area contributed by atoms with Crippen molar-refractivity contribution in [2.45, 2.75) is 6.42 Å². The number of benzene rings is 2. The lowest BCUT2D eigenvalue weighted by Gasteiger charge is -2.00. The molecule has 2 aromatic carbocycles. The molecule has 1 heteroatoms. The van der Waals surface area contributed by atoms with Crippen molar-refractivity contribution in [2.75, 3.05) is 0 Å². The Morgan fingerprint density at radius 3 is 2.06 bits per heavy atom. The molecular weight excluding hydrogens is 260 g/mol. The van der Waals surface area contributed by atoms with Crippen molar-refractivity contribution >= 4 is 22.0 Å². The first kappa shape index (κ1) is 11.2. The average Bonchev–Trinajstić information content (AvgIpc) is 2.31. The summed E-state index contributed by atoms with van der Waals surface area (Å²) in [6, 6.07) is 20.8. The maximum Gasteiger partial charge on any atom is 0.00408 e. The molecule has 0 spiro atoms. The van der Waals surface area contributed by atoms with Crippen LogP contribution < -0.4 is 0 Å². The van der Waals surface area contributed by atoms with Crippen LogP contribution in [0.5, 0.6) is 0 Å². The van der Waals surface area contributed by atoms with Crippen LogP contribution in [0.1, 0.15) is 11.1 Å². The highest BCUT2D eigenvalue weighted by Crippen LogP contribution is 2.17. The van der Waals surface area contributed by atoms with Gasteiger partial charge in [0.25, 0.3) is 0 Å². The van der Waals surface area contributed by atoms with Crippen molar-refractivity contribution in [1.29, 1.82) is 0 Å². The topological polar surface area (TPSA) is 0 Å². The second-order valence-corrected chi connectivity index (χ2v) is 4.68. The summed E-state index contributed by atoms with van der Waals surface area (Å²) in [5.41, 5.74) is 2.55. The third kappa shape index (κ3) is 3.35. The van der Waals surface area contributed by atoms with E-state index in [4.69, 9.17) is 0 Å². The minimum Gasteiger partial charge on any atom is -0.0622 e. The second kappa shape index (κ2) is 5.66. The van der Waals surface area contributed by atoms with Crippen LogP contribution in [0.4, 0.5) is 0 Å². The summed E-state index contributed by atoms with van der Waals surface area (Å²) in [7, 11) is 0. The maximum absolute atomic E-state index is 3.61. The van der Waals surface area contributed by atoms with Crippen molar-refractivity contribution in [2.24, 2.45) is 0 Å². The van der Waals surface area contributed by atoms with E-state index in [2.05, 4.69) is 70.5 Å². The van der Waals surface area contributed by atoms with Gasteiger partial charge in [-0.1, -0.05) is 76.6 Å². The summed E-state index contributed by atoms with van der Waals surface area (Å²) in [5.74, 6) is 0. The molecule has 0 radical (unpaired) electrons. The number of hydrogen-bond donors (Lipinski definition) is 0. The minimum absolute atomic E-state index is 0.940. The van der Waals surface area contributed by atoms with E-state index in [0.29, 0.717) is 0 Å². The highest BCUT2D eigenvalue weighted by molar-refractivity contribution is 9.11. The van der Waals surface area contributed by atoms with Crippen LogP contribution in [0.25, 0.3) is 6.08 Å². The molecule has 2 aromatic rings. The van der Waals surface area contributed by atoms with Crippen LogP contribution >= 0.6 is 15.9 Å². The van der Waals surface area contributed by atoms with E-state index >= 15 is 0 Å². The van der Waals surface area contributed by atoms with E-state index in [1.165, 1.54) is 15.6 Å². The molecule has 0 unspecified atom stereocenters. The number of rotatable bonds is 3. The lowest BCUT2D eigenvalue weighted by atomic mass is 10.1. The quantitative estimate of drug-likeness (QED) is 0.762. The first-order valence-electron chi connectivity index (χ1n) is 5.29. The molecule has 0 aliphatic heterocycles. The monoisotopic (exact) mass is 272 g/mol. The standard InChI is InChI=1S/C15H13Br/c16-15(11-13-7-3-1-4-8-13)12-14-9-5-2-6-10-14/h1-11H,12H2. The molecule has 0 fully saturated rings. The van der Waals surface area contributed by atoms with E-state index in [-0.39, 0.29) is 0 Å². The molecule has 0 bridgehead atoms. The molecule has 0 atom stereocenters. The first-order chi connectivity index (χ1) is 7.84. The zero-order valence-electron chi connectivity index (χ0n) is 8.94. The maximum atomic E-state index is 3.61. The summed E-state index contributed by atoms with van der Waals surface area (Å²) < 4.78 is 1.20. The van der Waals surface area contributed by atoms with E-state index in [0.717, 1.165) is 6.42 Å². The third-order valence-electron chi connectivity index (χ3n) is 2.34. The molecule has 0 N–H and O–H groups in total. The highest BCUT2D eigenvalue weighted by Gasteiger charge is 1.95. The Labute approximate surface area is 105 Å². The van der Waals surface area contributed by atoms with Gasteiger partial charge in [-0.25, -0.2) is 0 Å². The molecule has 0 aromatic heterocycles. The van der Waals surface area contributed by atoms with Crippen molar-refractivity contribution in [3.8, 4) is 0 Å². The first-order valence-corrected chi connectivity index (χ1v) is 6.09. The van der Waals surface area contributed by atoms with Gasteiger partial charge in [0.15, 0.2) is 0 Å². The fraction of sp³-hybridized carbons (Fsp3) is 0.0667. The average molecular weight is 273 g/mol. The van der Waals surface area contributed by atoms with Gasteiger partial charge in [0.1, 0.15) is 0 Å². The molecule has 0 amide bonds. The van der Waals surface area contributed by atoms with E-state index in [1.54, 1.807) is 0 Å². The Kier molecular flexibility index (Phi) is 3.95. The van der Waals surface area contributed by atoms with Crippen LogP contribution in [0.2, 0.25) is 0 Å². The van der Waals surface area contributed by atoms with Crippen molar-refractivity contribution in [3.05, 3.63) is 76.3 Å². The Hall–Kier alpha value is -1.34. The van der Waals surface area contributed by atoms with Crippen LogP contribution in [0.3, 0.4) is 0 Å².